The quantitative estimate of drug-likeness (QED) is 0.744. The number of amides is 3. The summed E-state index contributed by atoms with van der Waals surface area (Å²) in [4.78, 5) is 42.8. The second-order valence-electron chi connectivity index (χ2n) is 8.78. The van der Waals surface area contributed by atoms with Crippen LogP contribution in [-0.4, -0.2) is 65.0 Å². The highest BCUT2D eigenvalue weighted by molar-refractivity contribution is 6.30. The molecule has 174 valence electrons. The van der Waals surface area contributed by atoms with Crippen LogP contribution in [0.15, 0.2) is 54.6 Å². The largest absolute Gasteiger partial charge is 0.353 e. The van der Waals surface area contributed by atoms with Gasteiger partial charge in [-0.25, -0.2) is 0 Å². The summed E-state index contributed by atoms with van der Waals surface area (Å²) in [7, 11) is 0. The molecule has 7 nitrogen and oxygen atoms in total. The summed E-state index contributed by atoms with van der Waals surface area (Å²) in [6.45, 7) is 4.70. The number of hydrogen-bond acceptors (Lipinski definition) is 4. The molecule has 1 N–H and O–H groups in total. The number of nitrogens with one attached hydrogen (secondary N) is 1. The van der Waals surface area contributed by atoms with Gasteiger partial charge in [-0.3, -0.25) is 19.3 Å². The Kier molecular flexibility index (Phi) is 6.72. The van der Waals surface area contributed by atoms with Crippen LogP contribution in [0.1, 0.15) is 47.4 Å². The Hall–Kier alpha value is -2.90. The van der Waals surface area contributed by atoms with Crippen molar-refractivity contribution in [3.05, 3.63) is 70.7 Å². The molecule has 2 heterocycles. The zero-order valence-corrected chi connectivity index (χ0v) is 19.5. The highest BCUT2D eigenvalue weighted by Crippen LogP contribution is 2.39. The molecule has 0 aromatic heterocycles. The molecule has 2 aromatic rings. The Labute approximate surface area is 198 Å². The van der Waals surface area contributed by atoms with Gasteiger partial charge in [-0.2, -0.15) is 0 Å². The molecule has 2 fully saturated rings. The molecule has 2 aromatic carbocycles. The first-order valence-corrected chi connectivity index (χ1v) is 11.6. The third-order valence-corrected chi connectivity index (χ3v) is 6.37. The number of likely N-dealkylation sites (tertiary alicyclic amines) is 1. The normalized spacial score (nSPS) is 19.7. The number of carbonyl (C=O) groups is 3. The predicted molar refractivity (Wildman–Crippen MR) is 125 cm³/mol. The van der Waals surface area contributed by atoms with Crippen molar-refractivity contribution in [3.63, 3.8) is 0 Å². The van der Waals surface area contributed by atoms with Gasteiger partial charge in [0.15, 0.2) is 0 Å². The van der Waals surface area contributed by atoms with Gasteiger partial charge in [0, 0.05) is 48.1 Å². The van der Waals surface area contributed by atoms with Crippen molar-refractivity contribution in [2.24, 2.45) is 0 Å². The number of halogens is 1. The van der Waals surface area contributed by atoms with Crippen LogP contribution in [-0.2, 0) is 9.53 Å². The van der Waals surface area contributed by atoms with Crippen LogP contribution >= 0.6 is 11.6 Å². The molecule has 8 heteroatoms. The summed E-state index contributed by atoms with van der Waals surface area (Å²) in [5.74, 6) is -0.587. The van der Waals surface area contributed by atoms with Crippen LogP contribution in [0.5, 0.6) is 0 Å². The van der Waals surface area contributed by atoms with Crippen molar-refractivity contribution in [1.29, 1.82) is 0 Å². The van der Waals surface area contributed by atoms with Crippen molar-refractivity contribution in [3.8, 4) is 0 Å². The lowest BCUT2D eigenvalue weighted by Gasteiger charge is -2.44. The first-order valence-electron chi connectivity index (χ1n) is 11.2. The zero-order valence-electron chi connectivity index (χ0n) is 18.8. The van der Waals surface area contributed by atoms with E-state index in [0.717, 1.165) is 0 Å². The molecule has 4 rings (SSSR count). The number of benzene rings is 2. The highest BCUT2D eigenvalue weighted by atomic mass is 35.5. The summed E-state index contributed by atoms with van der Waals surface area (Å²) in [6, 6.07) is 15.0. The average molecular weight is 470 g/mol. The first-order chi connectivity index (χ1) is 15.8. The van der Waals surface area contributed by atoms with E-state index >= 15 is 0 Å². The van der Waals surface area contributed by atoms with Gasteiger partial charge in [0.25, 0.3) is 11.8 Å². The molecule has 1 spiro atoms. The van der Waals surface area contributed by atoms with E-state index in [1.807, 2.05) is 19.9 Å². The fourth-order valence-electron chi connectivity index (χ4n) is 4.53. The maximum Gasteiger partial charge on any atom is 0.256 e. The SMILES string of the molecule is CC(C)NC(=O)C1COC2(CCN(C(=O)c3cccc(Cl)c3)CC2)N1C(=O)c1ccccc1. The van der Waals surface area contributed by atoms with Gasteiger partial charge >= 0.3 is 0 Å². The Balaban J connectivity index is 1.57. The van der Waals surface area contributed by atoms with Gasteiger partial charge < -0.3 is 15.0 Å². The molecular weight excluding hydrogens is 442 g/mol. The summed E-state index contributed by atoms with van der Waals surface area (Å²) < 4.78 is 6.19. The van der Waals surface area contributed by atoms with Crippen molar-refractivity contribution >= 4 is 29.3 Å². The molecule has 1 unspecified atom stereocenters. The van der Waals surface area contributed by atoms with Crippen LogP contribution < -0.4 is 5.32 Å². The van der Waals surface area contributed by atoms with Gasteiger partial charge in [-0.15, -0.1) is 0 Å². The van der Waals surface area contributed by atoms with Gasteiger partial charge in [-0.1, -0.05) is 35.9 Å². The molecule has 0 aliphatic carbocycles. The van der Waals surface area contributed by atoms with Crippen molar-refractivity contribution < 1.29 is 19.1 Å². The molecule has 0 bridgehead atoms. The zero-order chi connectivity index (χ0) is 23.6. The summed E-state index contributed by atoms with van der Waals surface area (Å²) in [5, 5.41) is 3.41. The topological polar surface area (TPSA) is 79.0 Å². The molecule has 2 aliphatic heterocycles. The number of carbonyl (C=O) groups excluding carboxylic acids is 3. The second kappa shape index (κ2) is 9.53. The minimum atomic E-state index is -0.934. The van der Waals surface area contributed by atoms with E-state index in [1.54, 1.807) is 58.3 Å². The van der Waals surface area contributed by atoms with E-state index in [0.29, 0.717) is 42.1 Å². The van der Waals surface area contributed by atoms with E-state index in [-0.39, 0.29) is 30.4 Å². The number of nitrogens with zero attached hydrogens (tertiary/aromatic N) is 2. The lowest BCUT2D eigenvalue weighted by Crippen LogP contribution is -2.60. The van der Waals surface area contributed by atoms with Crippen molar-refractivity contribution in [1.82, 2.24) is 15.1 Å². The lowest BCUT2D eigenvalue weighted by atomic mass is 9.96. The number of rotatable bonds is 4. The molecule has 2 saturated heterocycles. The predicted octanol–water partition coefficient (Wildman–Crippen LogP) is 3.34. The lowest BCUT2D eigenvalue weighted by molar-refractivity contribution is -0.128. The van der Waals surface area contributed by atoms with E-state index in [2.05, 4.69) is 5.32 Å². The standard InChI is InChI=1S/C25H28ClN3O4/c1-17(2)27-22(30)21-16-33-25(29(21)24(32)18-7-4-3-5-8-18)11-13-28(14-12-25)23(31)19-9-6-10-20(26)15-19/h3-10,15,17,21H,11-14,16H2,1-2H3,(H,27,30). The van der Waals surface area contributed by atoms with Crippen molar-refractivity contribution in [2.75, 3.05) is 19.7 Å². The molecular formula is C25H28ClN3O4. The van der Waals surface area contributed by atoms with Crippen LogP contribution in [0.3, 0.4) is 0 Å². The van der Waals surface area contributed by atoms with E-state index in [9.17, 15) is 14.4 Å². The smallest absolute Gasteiger partial charge is 0.256 e. The second-order valence-corrected chi connectivity index (χ2v) is 9.22. The summed E-state index contributed by atoms with van der Waals surface area (Å²) in [5.41, 5.74) is 0.0937. The monoisotopic (exact) mass is 469 g/mol. The van der Waals surface area contributed by atoms with Gasteiger partial charge in [0.2, 0.25) is 5.91 Å². The summed E-state index contributed by atoms with van der Waals surface area (Å²) in [6.07, 6.45) is 0.840. The number of hydrogen-bond donors (Lipinski definition) is 1. The summed E-state index contributed by atoms with van der Waals surface area (Å²) >= 11 is 6.05. The fraction of sp³-hybridized carbons (Fsp3) is 0.400. The fourth-order valence-corrected chi connectivity index (χ4v) is 4.72. The number of ether oxygens (including phenoxy) is 1. The molecule has 33 heavy (non-hydrogen) atoms. The molecule has 0 radical (unpaired) electrons. The Bertz CT molecular complexity index is 1030. The third-order valence-electron chi connectivity index (χ3n) is 6.14. The Morgan fingerprint density at radius 2 is 1.67 bits per heavy atom. The maximum absolute atomic E-state index is 13.6. The third kappa shape index (κ3) is 4.75. The van der Waals surface area contributed by atoms with Crippen LogP contribution in [0.25, 0.3) is 0 Å². The van der Waals surface area contributed by atoms with Crippen LogP contribution in [0.2, 0.25) is 5.02 Å². The van der Waals surface area contributed by atoms with Crippen LogP contribution in [0, 0.1) is 0 Å². The molecule has 1 atom stereocenters. The Morgan fingerprint density at radius 3 is 2.30 bits per heavy atom. The molecule has 2 aliphatic rings. The first kappa shape index (κ1) is 23.3. The maximum atomic E-state index is 13.6. The van der Waals surface area contributed by atoms with Gasteiger partial charge in [0.05, 0.1) is 6.61 Å². The van der Waals surface area contributed by atoms with E-state index in [1.165, 1.54) is 0 Å². The van der Waals surface area contributed by atoms with E-state index in [4.69, 9.17) is 16.3 Å². The van der Waals surface area contributed by atoms with Gasteiger partial charge in [-0.05, 0) is 44.2 Å². The Morgan fingerprint density at radius 1 is 1.00 bits per heavy atom. The number of piperidine rings is 1. The molecule has 0 saturated carbocycles. The molecule has 3 amide bonds. The minimum Gasteiger partial charge on any atom is -0.353 e. The van der Waals surface area contributed by atoms with Gasteiger partial charge in [0.1, 0.15) is 11.8 Å². The minimum absolute atomic E-state index is 0.0557. The van der Waals surface area contributed by atoms with Crippen molar-refractivity contribution in [2.45, 2.75) is 44.5 Å². The highest BCUT2D eigenvalue weighted by Gasteiger charge is 2.54. The van der Waals surface area contributed by atoms with E-state index < -0.39 is 11.8 Å². The average Bonchev–Trinajstić information content (AvgIpc) is 3.17. The van der Waals surface area contributed by atoms with Crippen LogP contribution in [0.4, 0.5) is 0 Å².